The quantitative estimate of drug-likeness (QED) is 0.621. The van der Waals surface area contributed by atoms with Crippen LogP contribution in [0, 0.1) is 11.8 Å². The highest BCUT2D eigenvalue weighted by atomic mass is 16.5. The van der Waals surface area contributed by atoms with Crippen LogP contribution in [0.15, 0.2) is 24.3 Å². The van der Waals surface area contributed by atoms with E-state index in [-0.39, 0.29) is 24.2 Å². The van der Waals surface area contributed by atoms with Gasteiger partial charge in [0.1, 0.15) is 11.3 Å². The first-order chi connectivity index (χ1) is 11.3. The molecule has 2 heterocycles. The Balaban J connectivity index is 2.06. The molecule has 7 nitrogen and oxygen atoms in total. The van der Waals surface area contributed by atoms with Gasteiger partial charge in [0.25, 0.3) is 0 Å². The Labute approximate surface area is 139 Å². The van der Waals surface area contributed by atoms with Crippen LogP contribution in [0.25, 0.3) is 0 Å². The van der Waals surface area contributed by atoms with Gasteiger partial charge in [-0.15, -0.1) is 0 Å². The molecule has 2 aliphatic rings. The maximum absolute atomic E-state index is 12.6. The molecule has 2 amide bonds. The Morgan fingerprint density at radius 2 is 1.92 bits per heavy atom. The summed E-state index contributed by atoms with van der Waals surface area (Å²) in [5.74, 6) is -2.63. The largest absolute Gasteiger partial charge is 0.508 e. The molecule has 2 fully saturated rings. The van der Waals surface area contributed by atoms with Crippen molar-refractivity contribution in [3.8, 4) is 5.75 Å². The van der Waals surface area contributed by atoms with Gasteiger partial charge in [-0.05, 0) is 31.5 Å². The maximum atomic E-state index is 12.6. The number of phenolic OH excluding ortho intramolecular Hbond substituents is 1. The van der Waals surface area contributed by atoms with E-state index in [4.69, 9.17) is 4.74 Å². The monoisotopic (exact) mass is 332 g/mol. The highest BCUT2D eigenvalue weighted by molar-refractivity contribution is 6.09. The van der Waals surface area contributed by atoms with Crippen molar-refractivity contribution in [2.45, 2.75) is 25.4 Å². The number of hydrogen-bond acceptors (Lipinski definition) is 6. The molecule has 2 aliphatic heterocycles. The Morgan fingerprint density at radius 3 is 2.50 bits per heavy atom. The first kappa shape index (κ1) is 16.4. The lowest BCUT2D eigenvalue weighted by atomic mass is 9.80. The van der Waals surface area contributed by atoms with Crippen LogP contribution in [0.4, 0.5) is 0 Å². The number of fused-ring (bicyclic) bond motifs is 1. The number of amides is 2. The maximum Gasteiger partial charge on any atom is 0.326 e. The number of imide groups is 1. The highest BCUT2D eigenvalue weighted by Crippen LogP contribution is 2.48. The van der Waals surface area contributed by atoms with Crippen molar-refractivity contribution >= 4 is 17.8 Å². The van der Waals surface area contributed by atoms with Gasteiger partial charge in [0.2, 0.25) is 11.8 Å². The topological polar surface area (TPSA) is 95.9 Å². The van der Waals surface area contributed by atoms with Gasteiger partial charge in [0.15, 0.2) is 0 Å². The van der Waals surface area contributed by atoms with E-state index in [0.29, 0.717) is 0 Å². The molecule has 1 aromatic rings. The van der Waals surface area contributed by atoms with Crippen LogP contribution < -0.4 is 5.32 Å². The van der Waals surface area contributed by atoms with Crippen LogP contribution in [-0.2, 0) is 19.1 Å². The molecule has 2 saturated heterocycles. The fourth-order valence-electron chi connectivity index (χ4n) is 3.72. The lowest BCUT2D eigenvalue weighted by molar-refractivity contribution is -0.155. The number of nitrogens with zero attached hydrogens (tertiary/aromatic N) is 1. The van der Waals surface area contributed by atoms with Gasteiger partial charge in [0.05, 0.1) is 18.4 Å². The van der Waals surface area contributed by atoms with Gasteiger partial charge in [-0.25, -0.2) is 0 Å². The zero-order valence-electron chi connectivity index (χ0n) is 13.8. The fraction of sp³-hybridized carbons (Fsp3) is 0.471. The minimum absolute atomic E-state index is 0.104. The molecule has 0 spiro atoms. The smallest absolute Gasteiger partial charge is 0.326 e. The fourth-order valence-corrected chi connectivity index (χ4v) is 3.72. The summed E-state index contributed by atoms with van der Waals surface area (Å²) in [4.78, 5) is 38.7. The second kappa shape index (κ2) is 5.59. The van der Waals surface area contributed by atoms with Gasteiger partial charge in [-0.2, -0.15) is 0 Å². The van der Waals surface area contributed by atoms with E-state index in [2.05, 4.69) is 5.32 Å². The summed E-state index contributed by atoms with van der Waals surface area (Å²) >= 11 is 0. The lowest BCUT2D eigenvalue weighted by Crippen LogP contribution is -2.53. The molecule has 0 saturated carbocycles. The van der Waals surface area contributed by atoms with Gasteiger partial charge in [0, 0.05) is 13.1 Å². The molecule has 4 atom stereocenters. The standard InChI is InChI=1S/C17H20N2O5/c1-4-24-16(23)17(2)12-11(14(21)19(3)15(12)22)13(18-17)9-5-7-10(20)8-6-9/h5-8,11-13,18,20H,4H2,1-3H3/t11-,12+,13-,17+/m0/s1. The molecule has 0 radical (unpaired) electrons. The summed E-state index contributed by atoms with van der Waals surface area (Å²) in [6, 6.07) is 5.87. The van der Waals surface area contributed by atoms with Crippen molar-refractivity contribution < 1.29 is 24.2 Å². The van der Waals surface area contributed by atoms with Crippen LogP contribution >= 0.6 is 0 Å². The Hall–Kier alpha value is -2.41. The molecule has 1 aromatic carbocycles. The number of carbonyl (C=O) groups excluding carboxylic acids is 3. The highest BCUT2D eigenvalue weighted by Gasteiger charge is 2.66. The Bertz CT molecular complexity index is 701. The molecular weight excluding hydrogens is 312 g/mol. The molecule has 0 aromatic heterocycles. The minimum atomic E-state index is -1.28. The second-order valence-electron chi connectivity index (χ2n) is 6.38. The molecule has 0 bridgehead atoms. The zero-order chi connectivity index (χ0) is 17.6. The molecule has 0 unspecified atom stereocenters. The van der Waals surface area contributed by atoms with E-state index < -0.39 is 29.4 Å². The van der Waals surface area contributed by atoms with E-state index >= 15 is 0 Å². The van der Waals surface area contributed by atoms with Crippen molar-refractivity contribution in [2.24, 2.45) is 11.8 Å². The lowest BCUT2D eigenvalue weighted by Gasteiger charge is -2.28. The first-order valence-corrected chi connectivity index (χ1v) is 7.86. The average Bonchev–Trinajstić information content (AvgIpc) is 2.99. The molecule has 3 rings (SSSR count). The van der Waals surface area contributed by atoms with Gasteiger partial charge in [-0.1, -0.05) is 12.1 Å². The van der Waals surface area contributed by atoms with Crippen molar-refractivity contribution in [1.29, 1.82) is 0 Å². The number of carbonyl (C=O) groups is 3. The van der Waals surface area contributed by atoms with E-state index in [1.54, 1.807) is 26.0 Å². The normalized spacial score (nSPS) is 32.1. The van der Waals surface area contributed by atoms with Crippen molar-refractivity contribution in [3.63, 3.8) is 0 Å². The third kappa shape index (κ3) is 2.19. The minimum Gasteiger partial charge on any atom is -0.508 e. The zero-order valence-corrected chi connectivity index (χ0v) is 13.8. The number of nitrogens with one attached hydrogen (secondary N) is 1. The van der Waals surface area contributed by atoms with Crippen LogP contribution in [0.5, 0.6) is 5.75 Å². The third-order valence-electron chi connectivity index (χ3n) is 4.96. The van der Waals surface area contributed by atoms with Gasteiger partial charge >= 0.3 is 5.97 Å². The summed E-state index contributed by atoms with van der Waals surface area (Å²) in [7, 11) is 1.43. The van der Waals surface area contributed by atoms with E-state index in [1.165, 1.54) is 19.2 Å². The van der Waals surface area contributed by atoms with Crippen molar-refractivity contribution in [1.82, 2.24) is 10.2 Å². The number of esters is 1. The molecule has 2 N–H and O–H groups in total. The van der Waals surface area contributed by atoms with Crippen LogP contribution in [0.3, 0.4) is 0 Å². The van der Waals surface area contributed by atoms with E-state index in [9.17, 15) is 19.5 Å². The number of phenols is 1. The number of hydrogen-bond donors (Lipinski definition) is 2. The third-order valence-corrected chi connectivity index (χ3v) is 4.96. The molecule has 128 valence electrons. The van der Waals surface area contributed by atoms with Crippen LogP contribution in [-0.4, -0.2) is 47.0 Å². The molecule has 24 heavy (non-hydrogen) atoms. The first-order valence-electron chi connectivity index (χ1n) is 7.86. The number of ether oxygens (including phenoxy) is 1. The number of aromatic hydroxyl groups is 1. The van der Waals surface area contributed by atoms with Crippen molar-refractivity contribution in [3.05, 3.63) is 29.8 Å². The van der Waals surface area contributed by atoms with Crippen LogP contribution in [0.1, 0.15) is 25.5 Å². The summed E-state index contributed by atoms with van der Waals surface area (Å²) in [5.41, 5.74) is -0.548. The van der Waals surface area contributed by atoms with E-state index in [0.717, 1.165) is 10.5 Å². The van der Waals surface area contributed by atoms with Gasteiger partial charge < -0.3 is 9.84 Å². The van der Waals surface area contributed by atoms with Crippen molar-refractivity contribution in [2.75, 3.05) is 13.7 Å². The molecular formula is C17H20N2O5. The predicted octanol–water partition coefficient (Wildman–Crippen LogP) is 0.589. The number of rotatable bonds is 3. The summed E-state index contributed by atoms with van der Waals surface area (Å²) in [6.07, 6.45) is 0. The predicted molar refractivity (Wildman–Crippen MR) is 83.8 cm³/mol. The summed E-state index contributed by atoms with van der Waals surface area (Å²) in [6.45, 7) is 3.49. The van der Waals surface area contributed by atoms with Crippen LogP contribution in [0.2, 0.25) is 0 Å². The summed E-state index contributed by atoms with van der Waals surface area (Å²) < 4.78 is 5.14. The Morgan fingerprint density at radius 1 is 1.29 bits per heavy atom. The summed E-state index contributed by atoms with van der Waals surface area (Å²) in [5, 5.41) is 12.6. The Kier molecular flexibility index (Phi) is 3.83. The second-order valence-corrected chi connectivity index (χ2v) is 6.38. The SMILES string of the molecule is CCOC(=O)[C@]1(C)N[C@@H](c2ccc(O)cc2)[C@H]2C(=O)N(C)C(=O)[C@@H]21. The number of likely N-dealkylation sites (tertiary alicyclic amines) is 1. The van der Waals surface area contributed by atoms with Gasteiger partial charge in [-0.3, -0.25) is 24.6 Å². The molecule has 0 aliphatic carbocycles. The molecule has 7 heteroatoms. The number of benzene rings is 1. The average molecular weight is 332 g/mol. The van der Waals surface area contributed by atoms with E-state index in [1.807, 2.05) is 0 Å².